The number of rotatable bonds is 2. The largest absolute Gasteiger partial charge is 0.328 e. The van der Waals surface area contributed by atoms with Crippen LogP contribution in [0.15, 0.2) is 30.5 Å². The molecule has 0 fully saturated rings. The van der Waals surface area contributed by atoms with Crippen LogP contribution in [0, 0.1) is 0 Å². The van der Waals surface area contributed by atoms with Crippen molar-refractivity contribution in [3.63, 3.8) is 0 Å². The van der Waals surface area contributed by atoms with Gasteiger partial charge in [-0.05, 0) is 36.6 Å². The Labute approximate surface area is 98.8 Å². The van der Waals surface area contributed by atoms with Gasteiger partial charge in [-0.15, -0.1) is 0 Å². The van der Waals surface area contributed by atoms with Crippen LogP contribution in [0.3, 0.4) is 0 Å². The summed E-state index contributed by atoms with van der Waals surface area (Å²) in [5.74, 6) is 0. The van der Waals surface area contributed by atoms with Gasteiger partial charge >= 0.3 is 5.37 Å². The number of aromatic nitrogens is 1. The fourth-order valence-electron chi connectivity index (χ4n) is 1.91. The molecule has 2 aromatic rings. The zero-order valence-electron chi connectivity index (χ0n) is 8.98. The zero-order chi connectivity index (χ0) is 11.7. The van der Waals surface area contributed by atoms with Gasteiger partial charge < -0.3 is 5.73 Å². The molecule has 0 aliphatic rings. The van der Waals surface area contributed by atoms with Crippen molar-refractivity contribution in [3.05, 3.63) is 36.0 Å². The molecular weight excluding hydrogens is 224 g/mol. The van der Waals surface area contributed by atoms with Crippen LogP contribution in [-0.2, 0) is 6.42 Å². The standard InChI is InChI=1S/C12H13ClN2O/c1-8(14)6-9-7-15(12(13)16)11-5-3-2-4-10(9)11/h2-5,7-8H,6,14H2,1H3/t8-/m1/s1. The number of carbonyl (C=O) groups is 1. The van der Waals surface area contributed by atoms with E-state index in [0.717, 1.165) is 22.9 Å². The second-order valence-electron chi connectivity index (χ2n) is 3.98. The highest BCUT2D eigenvalue weighted by molar-refractivity contribution is 6.63. The molecule has 1 aromatic heterocycles. The maximum Gasteiger partial charge on any atom is 0.324 e. The highest BCUT2D eigenvalue weighted by Gasteiger charge is 2.12. The Bertz CT molecular complexity index is 531. The molecule has 0 unspecified atom stereocenters. The van der Waals surface area contributed by atoms with Crippen LogP contribution in [0.25, 0.3) is 10.9 Å². The molecular formula is C12H13ClN2O. The van der Waals surface area contributed by atoms with Gasteiger partial charge in [0.2, 0.25) is 0 Å². The second-order valence-corrected chi connectivity index (χ2v) is 4.30. The minimum Gasteiger partial charge on any atom is -0.328 e. The Morgan fingerprint density at radius 3 is 2.81 bits per heavy atom. The third-order valence-electron chi connectivity index (χ3n) is 2.53. The first-order valence-corrected chi connectivity index (χ1v) is 5.51. The number of halogens is 1. The molecule has 0 aliphatic carbocycles. The summed E-state index contributed by atoms with van der Waals surface area (Å²) in [4.78, 5) is 11.3. The van der Waals surface area contributed by atoms with Crippen LogP contribution in [0.1, 0.15) is 12.5 Å². The first-order valence-electron chi connectivity index (χ1n) is 5.14. The van der Waals surface area contributed by atoms with Gasteiger partial charge in [-0.25, -0.2) is 0 Å². The van der Waals surface area contributed by atoms with Crippen LogP contribution in [0.2, 0.25) is 0 Å². The SMILES string of the molecule is C[C@@H](N)Cc1cn(C(=O)Cl)c2ccccc12. The molecule has 0 saturated heterocycles. The van der Waals surface area contributed by atoms with E-state index in [0.29, 0.717) is 0 Å². The second kappa shape index (κ2) is 4.28. The molecule has 3 nitrogen and oxygen atoms in total. The fourth-order valence-corrected chi connectivity index (χ4v) is 2.05. The smallest absolute Gasteiger partial charge is 0.324 e. The van der Waals surface area contributed by atoms with Crippen molar-refractivity contribution in [2.75, 3.05) is 0 Å². The number of hydrogen-bond donors (Lipinski definition) is 1. The Balaban J connectivity index is 2.62. The van der Waals surface area contributed by atoms with Crippen molar-refractivity contribution in [1.82, 2.24) is 4.57 Å². The molecule has 0 radical (unpaired) electrons. The van der Waals surface area contributed by atoms with Gasteiger partial charge in [0.05, 0.1) is 5.52 Å². The van der Waals surface area contributed by atoms with Crippen molar-refractivity contribution in [2.45, 2.75) is 19.4 Å². The van der Waals surface area contributed by atoms with E-state index < -0.39 is 5.37 Å². The summed E-state index contributed by atoms with van der Waals surface area (Å²) in [5, 5.41) is 0.543. The average molecular weight is 237 g/mol. The summed E-state index contributed by atoms with van der Waals surface area (Å²) in [6.45, 7) is 1.94. The summed E-state index contributed by atoms with van der Waals surface area (Å²) >= 11 is 5.52. The molecule has 2 N–H and O–H groups in total. The summed E-state index contributed by atoms with van der Waals surface area (Å²) in [6.07, 6.45) is 2.50. The Kier molecular flexibility index (Phi) is 2.99. The van der Waals surface area contributed by atoms with Crippen LogP contribution in [0.5, 0.6) is 0 Å². The van der Waals surface area contributed by atoms with Crippen molar-refractivity contribution in [3.8, 4) is 0 Å². The van der Waals surface area contributed by atoms with E-state index in [1.54, 1.807) is 6.20 Å². The Morgan fingerprint density at radius 2 is 2.19 bits per heavy atom. The highest BCUT2D eigenvalue weighted by Crippen LogP contribution is 2.22. The predicted octanol–water partition coefficient (Wildman–Crippen LogP) is 2.74. The van der Waals surface area contributed by atoms with E-state index in [-0.39, 0.29) is 6.04 Å². The van der Waals surface area contributed by atoms with Crippen molar-refractivity contribution >= 4 is 27.9 Å². The molecule has 1 heterocycles. The van der Waals surface area contributed by atoms with Gasteiger partial charge in [-0.3, -0.25) is 9.36 Å². The summed E-state index contributed by atoms with van der Waals surface area (Å²) in [7, 11) is 0. The summed E-state index contributed by atoms with van der Waals surface area (Å²) in [5.41, 5.74) is 7.66. The van der Waals surface area contributed by atoms with Gasteiger partial charge in [0.1, 0.15) is 0 Å². The normalized spacial score (nSPS) is 12.9. The van der Waals surface area contributed by atoms with Crippen LogP contribution in [-0.4, -0.2) is 16.0 Å². The Morgan fingerprint density at radius 1 is 1.50 bits per heavy atom. The van der Waals surface area contributed by atoms with E-state index in [1.807, 2.05) is 31.2 Å². The first-order chi connectivity index (χ1) is 7.59. The van der Waals surface area contributed by atoms with E-state index in [2.05, 4.69) is 0 Å². The van der Waals surface area contributed by atoms with Gasteiger partial charge in [-0.1, -0.05) is 18.2 Å². The topological polar surface area (TPSA) is 48.0 Å². The minimum absolute atomic E-state index is 0.0599. The Hall–Kier alpha value is -1.32. The maximum atomic E-state index is 11.3. The quantitative estimate of drug-likeness (QED) is 0.815. The molecule has 0 amide bonds. The number of carbonyl (C=O) groups excluding carboxylic acids is 1. The molecule has 1 aromatic carbocycles. The molecule has 0 aliphatic heterocycles. The first kappa shape index (κ1) is 11.2. The molecule has 84 valence electrons. The van der Waals surface area contributed by atoms with Gasteiger partial charge in [0, 0.05) is 17.6 Å². The molecule has 2 rings (SSSR count). The molecule has 0 bridgehead atoms. The van der Waals surface area contributed by atoms with Gasteiger partial charge in [0.15, 0.2) is 0 Å². The fraction of sp³-hybridized carbons (Fsp3) is 0.250. The number of benzene rings is 1. The lowest BCUT2D eigenvalue weighted by atomic mass is 10.1. The molecule has 1 atom stereocenters. The predicted molar refractivity (Wildman–Crippen MR) is 65.9 cm³/mol. The highest BCUT2D eigenvalue weighted by atomic mass is 35.5. The van der Waals surface area contributed by atoms with E-state index in [1.165, 1.54) is 4.57 Å². The lowest BCUT2D eigenvalue weighted by molar-refractivity contribution is 0.261. The molecule has 4 heteroatoms. The number of nitrogens with two attached hydrogens (primary N) is 1. The van der Waals surface area contributed by atoms with Crippen LogP contribution >= 0.6 is 11.6 Å². The van der Waals surface area contributed by atoms with Gasteiger partial charge in [-0.2, -0.15) is 0 Å². The number of para-hydroxylation sites is 1. The average Bonchev–Trinajstić information content (AvgIpc) is 2.57. The minimum atomic E-state index is -0.493. The van der Waals surface area contributed by atoms with E-state index in [9.17, 15) is 4.79 Å². The monoisotopic (exact) mass is 236 g/mol. The van der Waals surface area contributed by atoms with Crippen molar-refractivity contribution < 1.29 is 4.79 Å². The lowest BCUT2D eigenvalue weighted by Gasteiger charge is -2.02. The molecule has 0 spiro atoms. The summed E-state index contributed by atoms with van der Waals surface area (Å²) in [6, 6.07) is 7.73. The number of hydrogen-bond acceptors (Lipinski definition) is 2. The van der Waals surface area contributed by atoms with Crippen LogP contribution < -0.4 is 5.73 Å². The van der Waals surface area contributed by atoms with Crippen LogP contribution in [0.4, 0.5) is 4.79 Å². The van der Waals surface area contributed by atoms with E-state index in [4.69, 9.17) is 17.3 Å². The van der Waals surface area contributed by atoms with Crippen molar-refractivity contribution in [1.29, 1.82) is 0 Å². The molecule has 16 heavy (non-hydrogen) atoms. The number of nitrogens with zero attached hydrogens (tertiary/aromatic N) is 1. The summed E-state index contributed by atoms with van der Waals surface area (Å²) < 4.78 is 1.45. The number of fused-ring (bicyclic) bond motifs is 1. The molecule has 0 saturated carbocycles. The zero-order valence-corrected chi connectivity index (χ0v) is 9.74. The third-order valence-corrected chi connectivity index (χ3v) is 2.71. The van der Waals surface area contributed by atoms with Crippen molar-refractivity contribution in [2.24, 2.45) is 5.73 Å². The van der Waals surface area contributed by atoms with E-state index >= 15 is 0 Å². The maximum absolute atomic E-state index is 11.3. The van der Waals surface area contributed by atoms with Gasteiger partial charge in [0.25, 0.3) is 0 Å². The third kappa shape index (κ3) is 1.96. The lowest BCUT2D eigenvalue weighted by Crippen LogP contribution is -2.17.